The number of nitrogens with zero attached hydrogens (tertiary/aromatic N) is 12. The van der Waals surface area contributed by atoms with E-state index in [4.69, 9.17) is 16.5 Å². The van der Waals surface area contributed by atoms with Gasteiger partial charge in [0.1, 0.15) is 5.82 Å². The Balaban J connectivity index is 0.000000137. The number of nitrogen functional groups attached to an aromatic ring is 1. The SMILES string of the molecule is C1CN(C2CC2)CCN1.CN(C)C(=O)N[C@@H]1CCCN(c2cnc(C(N)=O)c(Nc3ccc(N4CCN(C5CC5)CC4)cc3)n2)C1.Nc1ccc(N2CCN(C3CC3)CC2)cc1.O=[N+]([O-])c1ccc(N2CCN(C3CC3)CC2)cc1. The summed E-state index contributed by atoms with van der Waals surface area (Å²) in [5.41, 5.74) is 16.8. The smallest absolute Gasteiger partial charge is 0.317 e. The van der Waals surface area contributed by atoms with Crippen LogP contribution in [0.15, 0.2) is 79.0 Å². The topological polar surface area (TPSA) is 220 Å². The van der Waals surface area contributed by atoms with Crippen LogP contribution >= 0.6 is 0 Å². The highest BCUT2D eigenvalue weighted by molar-refractivity contribution is 5.96. The van der Waals surface area contributed by atoms with Gasteiger partial charge in [0.2, 0.25) is 0 Å². The van der Waals surface area contributed by atoms with Crippen molar-refractivity contribution in [2.24, 2.45) is 5.73 Å². The van der Waals surface area contributed by atoms with Gasteiger partial charge >= 0.3 is 6.03 Å². The summed E-state index contributed by atoms with van der Waals surface area (Å²) in [4.78, 5) is 64.7. The van der Waals surface area contributed by atoms with Gasteiger partial charge < -0.3 is 51.9 Å². The number of carbonyl (C=O) groups is 2. The van der Waals surface area contributed by atoms with Crippen molar-refractivity contribution in [3.8, 4) is 0 Å². The van der Waals surface area contributed by atoms with Crippen molar-refractivity contribution in [2.45, 2.75) is 94.4 Å². The highest BCUT2D eigenvalue weighted by Gasteiger charge is 2.34. The molecule has 9 fully saturated rings. The van der Waals surface area contributed by atoms with Crippen LogP contribution in [0.1, 0.15) is 74.7 Å². The fraction of sp³-hybridized carbons (Fsp3) is 0.593. The quantitative estimate of drug-likeness (QED) is 0.0649. The number of piperazine rings is 4. The van der Waals surface area contributed by atoms with Gasteiger partial charge in [-0.05, 0) is 125 Å². The lowest BCUT2D eigenvalue weighted by Gasteiger charge is -2.36. The van der Waals surface area contributed by atoms with E-state index in [1.165, 1.54) is 107 Å². The van der Waals surface area contributed by atoms with Gasteiger partial charge in [0.15, 0.2) is 11.5 Å². The van der Waals surface area contributed by atoms with Crippen molar-refractivity contribution < 1.29 is 14.5 Å². The number of nitro benzene ring substituents is 1. The lowest BCUT2D eigenvalue weighted by molar-refractivity contribution is -0.384. The second-order valence-corrected chi connectivity index (χ2v) is 23.2. The molecule has 3 aromatic carbocycles. The molecule has 0 radical (unpaired) electrons. The van der Waals surface area contributed by atoms with E-state index in [1.54, 1.807) is 32.4 Å². The lowest BCUT2D eigenvalue weighted by atomic mass is 10.1. The van der Waals surface area contributed by atoms with Crippen LogP contribution in [0.25, 0.3) is 0 Å². The number of primary amides is 1. The van der Waals surface area contributed by atoms with Crippen LogP contribution in [-0.4, -0.2) is 213 Å². The number of urea groups is 1. The number of piperidine rings is 1. The van der Waals surface area contributed by atoms with Gasteiger partial charge in [0, 0.05) is 203 Å². The Morgan fingerprint density at radius 1 is 0.600 bits per heavy atom. The monoisotopic (exact) mass is 1100 g/mol. The molecule has 0 bridgehead atoms. The maximum absolute atomic E-state index is 12.1. The third-order valence-corrected chi connectivity index (χ3v) is 17.0. The van der Waals surface area contributed by atoms with E-state index in [0.29, 0.717) is 18.2 Å². The number of nitro groups is 1. The Morgan fingerprint density at radius 3 is 1.46 bits per heavy atom. The minimum Gasteiger partial charge on any atom is -0.399 e. The highest BCUT2D eigenvalue weighted by Crippen LogP contribution is 2.32. The first-order valence-electron chi connectivity index (χ1n) is 29.7. The van der Waals surface area contributed by atoms with E-state index in [-0.39, 0.29) is 28.4 Å². The van der Waals surface area contributed by atoms with Crippen molar-refractivity contribution in [1.29, 1.82) is 0 Å². The molecule has 4 aromatic rings. The molecule has 13 rings (SSSR count). The highest BCUT2D eigenvalue weighted by atomic mass is 16.6. The first-order valence-corrected chi connectivity index (χ1v) is 29.7. The van der Waals surface area contributed by atoms with Crippen LogP contribution in [-0.2, 0) is 0 Å². The Bertz CT molecular complexity index is 2620. The molecule has 21 heteroatoms. The van der Waals surface area contributed by atoms with Crippen LogP contribution in [0.3, 0.4) is 0 Å². The maximum Gasteiger partial charge on any atom is 0.317 e. The number of aromatic nitrogens is 2. The predicted octanol–water partition coefficient (Wildman–Crippen LogP) is 5.33. The number of nitrogens with one attached hydrogen (secondary N) is 3. The fourth-order valence-electron chi connectivity index (χ4n) is 11.6. The third-order valence-electron chi connectivity index (χ3n) is 17.0. The maximum atomic E-state index is 12.1. The summed E-state index contributed by atoms with van der Waals surface area (Å²) < 4.78 is 0. The zero-order valence-electron chi connectivity index (χ0n) is 47.3. The normalized spacial score (nSPS) is 22.1. The summed E-state index contributed by atoms with van der Waals surface area (Å²) in [7, 11) is 3.45. The molecule has 5 saturated heterocycles. The Morgan fingerprint density at radius 2 is 1.04 bits per heavy atom. The first kappa shape index (κ1) is 56.7. The molecule has 7 N–H and O–H groups in total. The van der Waals surface area contributed by atoms with Crippen molar-refractivity contribution in [3.63, 3.8) is 0 Å². The third kappa shape index (κ3) is 16.1. The molecule has 6 heterocycles. The van der Waals surface area contributed by atoms with Crippen molar-refractivity contribution in [3.05, 3.63) is 94.8 Å². The lowest BCUT2D eigenvalue weighted by Crippen LogP contribution is -2.50. The molecule has 80 heavy (non-hydrogen) atoms. The molecular weight excluding hydrogens is 1010 g/mol. The molecular formula is C59H87N17O4. The standard InChI is InChI=1S/C26H37N9O2.C13H17N3O2.C13H19N3.C7H14N2/c1-32(2)26(37)30-19-4-3-11-35(17-19)22-16-28-23(24(27)36)25(31-22)29-18-5-7-20(8-6-18)33-12-14-34(15-13-33)21-9-10-21;17-16(18)13-5-3-12(4-6-13)15-9-7-14(8-10-15)11-1-2-11;14-11-1-3-12(4-2-11)15-7-9-16(10-8-15)13-5-6-13;1-2-7(1)9-5-3-8-4-6-9/h5-8,16,19,21H,3-4,9-15,17H2,1-2H3,(H2,27,36)(H,29,31)(H,30,37);3-6,11H,1-2,7-10H2;1-4,13H,5-10,14H2;7-8H,1-6H2/t19-;;;/m1.../s1. The van der Waals surface area contributed by atoms with Gasteiger partial charge in [-0.1, -0.05) is 0 Å². The second-order valence-electron chi connectivity index (χ2n) is 23.2. The molecule has 0 spiro atoms. The Kier molecular flexibility index (Phi) is 19.0. The number of hydrogen-bond donors (Lipinski definition) is 5. The molecule has 1 atom stereocenters. The number of rotatable bonds is 13. The van der Waals surface area contributed by atoms with Crippen LogP contribution in [0, 0.1) is 10.1 Å². The van der Waals surface area contributed by atoms with Crippen molar-refractivity contribution in [2.75, 3.05) is 163 Å². The van der Waals surface area contributed by atoms with Crippen LogP contribution in [0.2, 0.25) is 0 Å². The number of benzene rings is 3. The van der Waals surface area contributed by atoms with E-state index in [0.717, 1.165) is 126 Å². The molecule has 0 unspecified atom stereocenters. The second kappa shape index (κ2) is 26.8. The zero-order chi connectivity index (χ0) is 55.5. The van der Waals surface area contributed by atoms with E-state index in [1.807, 2.05) is 36.4 Å². The van der Waals surface area contributed by atoms with E-state index in [9.17, 15) is 19.7 Å². The van der Waals surface area contributed by atoms with E-state index in [2.05, 4.69) is 84.4 Å². The van der Waals surface area contributed by atoms with E-state index >= 15 is 0 Å². The summed E-state index contributed by atoms with van der Waals surface area (Å²) in [6.07, 6.45) is 14.6. The van der Waals surface area contributed by atoms with Crippen molar-refractivity contribution >= 4 is 57.7 Å². The number of non-ortho nitro benzene ring substituents is 1. The summed E-state index contributed by atoms with van der Waals surface area (Å²) >= 11 is 0. The first-order chi connectivity index (χ1) is 38.9. The largest absolute Gasteiger partial charge is 0.399 e. The number of nitrogens with two attached hydrogens (primary N) is 2. The molecule has 21 nitrogen and oxygen atoms in total. The molecule has 3 amide bonds. The summed E-state index contributed by atoms with van der Waals surface area (Å²) in [6, 6.07) is 26.7. The molecule has 9 aliphatic rings. The van der Waals surface area contributed by atoms with Crippen LogP contribution < -0.4 is 47.0 Å². The fourth-order valence-corrected chi connectivity index (χ4v) is 11.6. The molecule has 5 aliphatic heterocycles. The van der Waals surface area contributed by atoms with Gasteiger partial charge in [0.05, 0.1) is 11.1 Å². The molecule has 4 aliphatic carbocycles. The Labute approximate surface area is 473 Å². The predicted molar refractivity (Wildman–Crippen MR) is 320 cm³/mol. The van der Waals surface area contributed by atoms with E-state index < -0.39 is 5.91 Å². The molecule has 432 valence electrons. The average molecular weight is 1100 g/mol. The number of amides is 3. The summed E-state index contributed by atoms with van der Waals surface area (Å²) in [5, 5.41) is 20.2. The minimum atomic E-state index is -0.638. The van der Waals surface area contributed by atoms with Gasteiger partial charge in [-0.25, -0.2) is 14.8 Å². The van der Waals surface area contributed by atoms with Gasteiger partial charge in [-0.2, -0.15) is 0 Å². The van der Waals surface area contributed by atoms with Gasteiger partial charge in [0.25, 0.3) is 11.6 Å². The average Bonchev–Trinajstić information content (AvgIpc) is 4.30. The number of hydrogen-bond acceptors (Lipinski definition) is 17. The van der Waals surface area contributed by atoms with Gasteiger partial charge in [-0.3, -0.25) is 34.5 Å². The molecule has 1 aromatic heterocycles. The van der Waals surface area contributed by atoms with Gasteiger partial charge in [-0.15, -0.1) is 0 Å². The van der Waals surface area contributed by atoms with Crippen LogP contribution in [0.5, 0.6) is 0 Å². The van der Waals surface area contributed by atoms with Crippen molar-refractivity contribution in [1.82, 2.24) is 45.1 Å². The summed E-state index contributed by atoms with van der Waals surface area (Å²) in [6.45, 7) is 19.7. The number of carbonyl (C=O) groups excluding carboxylic acids is 2. The number of anilines is 7. The Hall–Kier alpha value is -6.52. The summed E-state index contributed by atoms with van der Waals surface area (Å²) in [5.74, 6) is 0.332. The minimum absolute atomic E-state index is 0.0105. The van der Waals surface area contributed by atoms with Crippen LogP contribution in [0.4, 0.5) is 50.6 Å². The molecule has 4 saturated carbocycles. The zero-order valence-corrected chi connectivity index (χ0v) is 47.3.